The third-order valence-electron chi connectivity index (χ3n) is 3.32. The lowest BCUT2D eigenvalue weighted by atomic mass is 10.1. The van der Waals surface area contributed by atoms with E-state index in [-0.39, 0.29) is 24.0 Å². The molecular formula is C13H18N2O4S. The molecule has 1 saturated heterocycles. The Labute approximate surface area is 118 Å². The van der Waals surface area contributed by atoms with Gasteiger partial charge in [-0.05, 0) is 18.6 Å². The zero-order valence-electron chi connectivity index (χ0n) is 11.3. The van der Waals surface area contributed by atoms with Gasteiger partial charge < -0.3 is 15.4 Å². The van der Waals surface area contributed by atoms with E-state index in [1.165, 1.54) is 7.11 Å². The minimum atomic E-state index is -3.04. The molecule has 1 aliphatic rings. The van der Waals surface area contributed by atoms with E-state index in [1.54, 1.807) is 23.1 Å². The normalized spacial score (nSPS) is 18.4. The van der Waals surface area contributed by atoms with Crippen molar-refractivity contribution in [3.8, 4) is 5.75 Å². The summed E-state index contributed by atoms with van der Waals surface area (Å²) in [5.74, 6) is 0.227. The van der Waals surface area contributed by atoms with Crippen LogP contribution in [0.1, 0.15) is 16.8 Å². The highest BCUT2D eigenvalue weighted by molar-refractivity contribution is 7.91. The molecule has 1 heterocycles. The fraction of sp³-hybridized carbons (Fsp3) is 0.462. The average Bonchev–Trinajstić information content (AvgIpc) is 2.58. The SMILES string of the molecule is COc1c(N)cccc1C(=O)N1CCCS(=O)(=O)CC1. The van der Waals surface area contributed by atoms with E-state index in [0.717, 1.165) is 0 Å². The quantitative estimate of drug-likeness (QED) is 0.805. The van der Waals surface area contributed by atoms with Crippen LogP contribution in [0.2, 0.25) is 0 Å². The van der Waals surface area contributed by atoms with Crippen LogP contribution in [0.3, 0.4) is 0 Å². The van der Waals surface area contributed by atoms with Crippen molar-refractivity contribution in [3.63, 3.8) is 0 Å². The largest absolute Gasteiger partial charge is 0.494 e. The van der Waals surface area contributed by atoms with Gasteiger partial charge in [0.05, 0.1) is 29.9 Å². The zero-order chi connectivity index (χ0) is 14.8. The van der Waals surface area contributed by atoms with Gasteiger partial charge >= 0.3 is 0 Å². The van der Waals surface area contributed by atoms with Crippen molar-refractivity contribution in [1.29, 1.82) is 0 Å². The molecule has 1 aliphatic heterocycles. The minimum absolute atomic E-state index is 0.00334. The van der Waals surface area contributed by atoms with Crippen molar-refractivity contribution in [1.82, 2.24) is 4.90 Å². The number of nitrogens with two attached hydrogens (primary N) is 1. The lowest BCUT2D eigenvalue weighted by molar-refractivity contribution is 0.0765. The highest BCUT2D eigenvalue weighted by Gasteiger charge is 2.25. The lowest BCUT2D eigenvalue weighted by Gasteiger charge is -2.21. The summed E-state index contributed by atoms with van der Waals surface area (Å²) in [7, 11) is -1.59. The highest BCUT2D eigenvalue weighted by Crippen LogP contribution is 2.27. The molecule has 1 amide bonds. The highest BCUT2D eigenvalue weighted by atomic mass is 32.2. The van der Waals surface area contributed by atoms with Crippen LogP contribution in [0.5, 0.6) is 5.75 Å². The Kier molecular flexibility index (Phi) is 4.17. The molecule has 1 fully saturated rings. The summed E-state index contributed by atoms with van der Waals surface area (Å²) < 4.78 is 28.3. The maximum Gasteiger partial charge on any atom is 0.257 e. The van der Waals surface area contributed by atoms with Gasteiger partial charge in [0.2, 0.25) is 0 Å². The van der Waals surface area contributed by atoms with E-state index in [1.807, 2.05) is 0 Å². The van der Waals surface area contributed by atoms with Gasteiger partial charge in [0.25, 0.3) is 5.91 Å². The summed E-state index contributed by atoms with van der Waals surface area (Å²) in [5, 5.41) is 0. The number of amides is 1. The Morgan fingerprint density at radius 3 is 2.75 bits per heavy atom. The van der Waals surface area contributed by atoms with Gasteiger partial charge in [0.1, 0.15) is 0 Å². The van der Waals surface area contributed by atoms with E-state index in [0.29, 0.717) is 30.0 Å². The van der Waals surface area contributed by atoms with E-state index in [2.05, 4.69) is 0 Å². The number of hydrogen-bond acceptors (Lipinski definition) is 5. The first-order valence-corrected chi connectivity index (χ1v) is 8.19. The topological polar surface area (TPSA) is 89.7 Å². The monoisotopic (exact) mass is 298 g/mol. The molecule has 0 atom stereocenters. The van der Waals surface area contributed by atoms with Crippen molar-refractivity contribution in [2.45, 2.75) is 6.42 Å². The van der Waals surface area contributed by atoms with Crippen molar-refractivity contribution in [2.24, 2.45) is 0 Å². The first-order chi connectivity index (χ1) is 9.44. The molecule has 2 N–H and O–H groups in total. The first kappa shape index (κ1) is 14.6. The number of hydrogen-bond donors (Lipinski definition) is 1. The maximum atomic E-state index is 12.5. The van der Waals surface area contributed by atoms with Gasteiger partial charge in [-0.1, -0.05) is 6.07 Å². The summed E-state index contributed by atoms with van der Waals surface area (Å²) in [5.41, 5.74) is 6.54. The number of nitrogens with zero attached hydrogens (tertiary/aromatic N) is 1. The molecule has 0 unspecified atom stereocenters. The molecule has 1 aromatic carbocycles. The number of nitrogen functional groups attached to an aromatic ring is 1. The molecule has 0 bridgehead atoms. The van der Waals surface area contributed by atoms with E-state index >= 15 is 0 Å². The maximum absolute atomic E-state index is 12.5. The third-order valence-corrected chi connectivity index (χ3v) is 5.04. The van der Waals surface area contributed by atoms with Crippen molar-refractivity contribution in [2.75, 3.05) is 37.4 Å². The van der Waals surface area contributed by atoms with Crippen molar-refractivity contribution < 1.29 is 17.9 Å². The number of methoxy groups -OCH3 is 1. The van der Waals surface area contributed by atoms with Gasteiger partial charge in [-0.15, -0.1) is 0 Å². The third kappa shape index (κ3) is 3.04. The first-order valence-electron chi connectivity index (χ1n) is 6.37. The summed E-state index contributed by atoms with van der Waals surface area (Å²) in [6.07, 6.45) is 0.457. The molecule has 2 rings (SSSR count). The molecule has 6 nitrogen and oxygen atoms in total. The Balaban J connectivity index is 2.26. The second-order valence-electron chi connectivity index (χ2n) is 4.73. The van der Waals surface area contributed by atoms with Crippen LogP contribution in [-0.4, -0.2) is 50.9 Å². The fourth-order valence-electron chi connectivity index (χ4n) is 2.26. The summed E-state index contributed by atoms with van der Waals surface area (Å²) >= 11 is 0. The molecule has 110 valence electrons. The van der Waals surface area contributed by atoms with Crippen molar-refractivity contribution >= 4 is 21.4 Å². The number of sulfone groups is 1. The number of carbonyl (C=O) groups excluding carboxylic acids is 1. The molecule has 0 spiro atoms. The Morgan fingerprint density at radius 2 is 2.05 bits per heavy atom. The summed E-state index contributed by atoms with van der Waals surface area (Å²) in [6, 6.07) is 4.97. The van der Waals surface area contributed by atoms with Crippen LogP contribution in [-0.2, 0) is 9.84 Å². The molecule has 20 heavy (non-hydrogen) atoms. The van der Waals surface area contributed by atoms with Crippen LogP contribution < -0.4 is 10.5 Å². The van der Waals surface area contributed by atoms with Gasteiger partial charge in [-0.3, -0.25) is 4.79 Å². The molecule has 0 aromatic heterocycles. The number of ether oxygens (including phenoxy) is 1. The lowest BCUT2D eigenvalue weighted by Crippen LogP contribution is -2.33. The van der Waals surface area contributed by atoms with Crippen LogP contribution >= 0.6 is 0 Å². The molecule has 0 radical (unpaired) electrons. The van der Waals surface area contributed by atoms with Gasteiger partial charge in [-0.2, -0.15) is 0 Å². The number of anilines is 1. The van der Waals surface area contributed by atoms with Crippen molar-refractivity contribution in [3.05, 3.63) is 23.8 Å². The van der Waals surface area contributed by atoms with Gasteiger partial charge in [-0.25, -0.2) is 8.42 Å². The average molecular weight is 298 g/mol. The standard InChI is InChI=1S/C13H18N2O4S/c1-19-12-10(4-2-5-11(12)14)13(16)15-6-3-8-20(17,18)9-7-15/h2,4-5H,3,6-9,14H2,1H3. The Bertz CT molecular complexity index is 613. The van der Waals surface area contributed by atoms with Gasteiger partial charge in [0.15, 0.2) is 15.6 Å². The van der Waals surface area contributed by atoms with Crippen LogP contribution in [0, 0.1) is 0 Å². The predicted octanol–water partition coefficient (Wildman–Crippen LogP) is 0.538. The molecule has 0 aliphatic carbocycles. The fourth-order valence-corrected chi connectivity index (χ4v) is 3.53. The van der Waals surface area contributed by atoms with Gasteiger partial charge in [0, 0.05) is 13.1 Å². The van der Waals surface area contributed by atoms with Crippen LogP contribution in [0.4, 0.5) is 5.69 Å². The van der Waals surface area contributed by atoms with Crippen LogP contribution in [0.15, 0.2) is 18.2 Å². The number of benzene rings is 1. The molecule has 1 aromatic rings. The minimum Gasteiger partial charge on any atom is -0.494 e. The number of carbonyl (C=O) groups is 1. The predicted molar refractivity (Wildman–Crippen MR) is 76.6 cm³/mol. The van der Waals surface area contributed by atoms with E-state index in [9.17, 15) is 13.2 Å². The molecule has 0 saturated carbocycles. The zero-order valence-corrected chi connectivity index (χ0v) is 12.1. The smallest absolute Gasteiger partial charge is 0.257 e. The number of rotatable bonds is 2. The molecule has 7 heteroatoms. The Hall–Kier alpha value is -1.76. The van der Waals surface area contributed by atoms with E-state index in [4.69, 9.17) is 10.5 Å². The summed E-state index contributed by atoms with van der Waals surface area (Å²) in [6.45, 7) is 0.634. The Morgan fingerprint density at radius 1 is 1.30 bits per heavy atom. The molecular weight excluding hydrogens is 280 g/mol. The van der Waals surface area contributed by atoms with Crippen LogP contribution in [0.25, 0.3) is 0 Å². The summed E-state index contributed by atoms with van der Waals surface area (Å²) in [4.78, 5) is 14.0. The second-order valence-corrected chi connectivity index (χ2v) is 7.03. The van der Waals surface area contributed by atoms with E-state index < -0.39 is 9.84 Å². The number of para-hydroxylation sites is 1. The second kappa shape index (κ2) is 5.70.